The quantitative estimate of drug-likeness (QED) is 0.736. The Morgan fingerprint density at radius 3 is 2.80 bits per heavy atom. The maximum absolute atomic E-state index is 11.9. The third-order valence-corrected chi connectivity index (χ3v) is 4.38. The highest BCUT2D eigenvalue weighted by molar-refractivity contribution is 7.90. The summed E-state index contributed by atoms with van der Waals surface area (Å²) in [7, 11) is -3.14. The van der Waals surface area contributed by atoms with Crippen molar-refractivity contribution in [2.24, 2.45) is 0 Å². The van der Waals surface area contributed by atoms with Crippen molar-refractivity contribution in [1.29, 1.82) is 0 Å². The van der Waals surface area contributed by atoms with Gasteiger partial charge in [-0.1, -0.05) is 24.3 Å². The fraction of sp³-hybridized carbons (Fsp3) is 0.0909. The number of aromatic nitrogens is 1. The Balaban J connectivity index is 2.42. The fourth-order valence-electron chi connectivity index (χ4n) is 2.00. The second-order valence-electron chi connectivity index (χ2n) is 3.63. The molecule has 15 heavy (non-hydrogen) atoms. The minimum absolute atomic E-state index is 0.105. The minimum Gasteiger partial charge on any atom is -0.360 e. The molecule has 76 valence electrons. The highest BCUT2D eigenvalue weighted by Gasteiger charge is 2.28. The number of benzene rings is 1. The van der Waals surface area contributed by atoms with Crippen LogP contribution in [0, 0.1) is 0 Å². The Hall–Kier alpha value is -1.55. The molecule has 3 rings (SSSR count). The van der Waals surface area contributed by atoms with E-state index in [1.807, 2.05) is 24.3 Å². The van der Waals surface area contributed by atoms with Gasteiger partial charge in [-0.2, -0.15) is 0 Å². The van der Waals surface area contributed by atoms with E-state index < -0.39 is 9.84 Å². The van der Waals surface area contributed by atoms with Crippen LogP contribution in [0.3, 0.4) is 0 Å². The molecule has 4 heteroatoms. The van der Waals surface area contributed by atoms with Crippen molar-refractivity contribution < 1.29 is 8.42 Å². The van der Waals surface area contributed by atoms with Crippen molar-refractivity contribution in [2.75, 3.05) is 0 Å². The first-order chi connectivity index (χ1) is 7.18. The van der Waals surface area contributed by atoms with Crippen LogP contribution in [-0.4, -0.2) is 13.4 Å². The fourth-order valence-corrected chi connectivity index (χ4v) is 3.57. The van der Waals surface area contributed by atoms with Gasteiger partial charge in [-0.3, -0.25) is 0 Å². The van der Waals surface area contributed by atoms with E-state index in [0.29, 0.717) is 4.90 Å². The van der Waals surface area contributed by atoms with Gasteiger partial charge >= 0.3 is 0 Å². The van der Waals surface area contributed by atoms with Gasteiger partial charge in [0.2, 0.25) is 0 Å². The van der Waals surface area contributed by atoms with Crippen LogP contribution in [0.15, 0.2) is 41.4 Å². The van der Waals surface area contributed by atoms with E-state index in [0.717, 1.165) is 16.8 Å². The van der Waals surface area contributed by atoms with Gasteiger partial charge in [0, 0.05) is 11.8 Å². The van der Waals surface area contributed by atoms with E-state index in [-0.39, 0.29) is 5.75 Å². The van der Waals surface area contributed by atoms with E-state index in [2.05, 4.69) is 4.98 Å². The van der Waals surface area contributed by atoms with E-state index in [9.17, 15) is 8.42 Å². The zero-order valence-electron chi connectivity index (χ0n) is 7.90. The molecule has 0 saturated heterocycles. The average molecular weight is 219 g/mol. The molecule has 0 aliphatic carbocycles. The summed E-state index contributed by atoms with van der Waals surface area (Å²) >= 11 is 0. The van der Waals surface area contributed by atoms with Gasteiger partial charge in [-0.25, -0.2) is 8.42 Å². The molecule has 0 unspecified atom stereocenters. The van der Waals surface area contributed by atoms with Gasteiger partial charge in [-0.15, -0.1) is 0 Å². The van der Waals surface area contributed by atoms with Crippen LogP contribution in [0.4, 0.5) is 0 Å². The summed E-state index contributed by atoms with van der Waals surface area (Å²) in [4.78, 5) is 3.41. The SMILES string of the molecule is O=S1(=O)Cc2ccccc2-c2[nH]ccc21. The molecule has 1 aromatic carbocycles. The lowest BCUT2D eigenvalue weighted by molar-refractivity contribution is 0.595. The van der Waals surface area contributed by atoms with Gasteiger partial charge < -0.3 is 4.98 Å². The molecule has 0 spiro atoms. The van der Waals surface area contributed by atoms with Gasteiger partial charge in [0.05, 0.1) is 16.3 Å². The average Bonchev–Trinajstić information content (AvgIpc) is 2.66. The molecule has 1 aromatic heterocycles. The Morgan fingerprint density at radius 2 is 1.93 bits per heavy atom. The Labute approximate surface area is 87.7 Å². The summed E-state index contributed by atoms with van der Waals surface area (Å²) in [6.45, 7) is 0. The summed E-state index contributed by atoms with van der Waals surface area (Å²) in [5, 5.41) is 0. The summed E-state index contributed by atoms with van der Waals surface area (Å²) in [5.41, 5.74) is 2.58. The second kappa shape index (κ2) is 2.73. The highest BCUT2D eigenvalue weighted by atomic mass is 32.2. The first-order valence-electron chi connectivity index (χ1n) is 4.67. The summed E-state index contributed by atoms with van der Waals surface area (Å²) in [6, 6.07) is 9.21. The molecule has 0 amide bonds. The lowest BCUT2D eigenvalue weighted by Crippen LogP contribution is -2.11. The van der Waals surface area contributed by atoms with Crippen molar-refractivity contribution in [1.82, 2.24) is 4.98 Å². The normalized spacial score (nSPS) is 16.8. The molecule has 0 radical (unpaired) electrons. The van der Waals surface area contributed by atoms with Gasteiger partial charge in [0.25, 0.3) is 0 Å². The number of aromatic amines is 1. The van der Waals surface area contributed by atoms with Gasteiger partial charge in [0.15, 0.2) is 9.84 Å². The number of nitrogens with one attached hydrogen (secondary N) is 1. The summed E-state index contributed by atoms with van der Waals surface area (Å²) in [5.74, 6) is 0.105. The van der Waals surface area contributed by atoms with Crippen LogP contribution in [0.5, 0.6) is 0 Å². The molecule has 0 bridgehead atoms. The van der Waals surface area contributed by atoms with Crippen LogP contribution in [0.25, 0.3) is 11.3 Å². The van der Waals surface area contributed by atoms with E-state index in [1.54, 1.807) is 12.3 Å². The predicted molar refractivity (Wildman–Crippen MR) is 57.1 cm³/mol. The largest absolute Gasteiger partial charge is 0.360 e. The molecular weight excluding hydrogens is 210 g/mol. The van der Waals surface area contributed by atoms with Crippen molar-refractivity contribution in [2.45, 2.75) is 10.6 Å². The molecule has 0 fully saturated rings. The molecule has 1 aliphatic rings. The zero-order chi connectivity index (χ0) is 10.5. The molecule has 0 saturated carbocycles. The van der Waals surface area contributed by atoms with Crippen LogP contribution < -0.4 is 0 Å². The van der Waals surface area contributed by atoms with Gasteiger partial charge in [0.1, 0.15) is 0 Å². The monoisotopic (exact) mass is 219 g/mol. The molecule has 2 aromatic rings. The molecular formula is C11H9NO2S. The van der Waals surface area contributed by atoms with Crippen LogP contribution in [0.1, 0.15) is 5.56 Å². The zero-order valence-corrected chi connectivity index (χ0v) is 8.71. The maximum atomic E-state index is 11.9. The van der Waals surface area contributed by atoms with E-state index in [1.165, 1.54) is 0 Å². The highest BCUT2D eigenvalue weighted by Crippen LogP contribution is 2.36. The van der Waals surface area contributed by atoms with E-state index >= 15 is 0 Å². The van der Waals surface area contributed by atoms with E-state index in [4.69, 9.17) is 0 Å². The molecule has 3 nitrogen and oxygen atoms in total. The Bertz CT molecular complexity index is 626. The van der Waals surface area contributed by atoms with Crippen LogP contribution in [0.2, 0.25) is 0 Å². The lowest BCUT2D eigenvalue weighted by Gasteiger charge is -2.16. The Kier molecular flexibility index (Phi) is 1.59. The van der Waals surface area contributed by atoms with Crippen molar-refractivity contribution in [3.8, 4) is 11.3 Å². The third-order valence-electron chi connectivity index (χ3n) is 2.68. The summed E-state index contributed by atoms with van der Waals surface area (Å²) < 4.78 is 23.8. The summed E-state index contributed by atoms with van der Waals surface area (Å²) in [6.07, 6.45) is 1.67. The number of hydrogen-bond acceptors (Lipinski definition) is 2. The van der Waals surface area contributed by atoms with Crippen molar-refractivity contribution in [3.05, 3.63) is 42.1 Å². The lowest BCUT2D eigenvalue weighted by atomic mass is 10.1. The van der Waals surface area contributed by atoms with Crippen LogP contribution in [-0.2, 0) is 15.6 Å². The molecule has 2 heterocycles. The predicted octanol–water partition coefficient (Wildman–Crippen LogP) is 1.97. The molecule has 0 atom stereocenters. The number of hydrogen-bond donors (Lipinski definition) is 1. The Morgan fingerprint density at radius 1 is 1.13 bits per heavy atom. The standard InChI is InChI=1S/C11H9NO2S/c13-15(14)7-8-3-1-2-4-9(8)11-10(15)5-6-12-11/h1-6,12H,7H2. The number of rotatable bonds is 0. The first kappa shape index (κ1) is 8.73. The number of H-pyrrole nitrogens is 1. The van der Waals surface area contributed by atoms with Crippen molar-refractivity contribution >= 4 is 9.84 Å². The first-order valence-corrected chi connectivity index (χ1v) is 6.32. The van der Waals surface area contributed by atoms with Crippen LogP contribution >= 0.6 is 0 Å². The second-order valence-corrected chi connectivity index (χ2v) is 5.59. The number of sulfone groups is 1. The molecule has 1 N–H and O–H groups in total. The maximum Gasteiger partial charge on any atom is 0.184 e. The van der Waals surface area contributed by atoms with Gasteiger partial charge in [-0.05, 0) is 11.6 Å². The minimum atomic E-state index is -3.14. The number of fused-ring (bicyclic) bond motifs is 3. The van der Waals surface area contributed by atoms with Crippen molar-refractivity contribution in [3.63, 3.8) is 0 Å². The smallest absolute Gasteiger partial charge is 0.184 e. The topological polar surface area (TPSA) is 49.9 Å². The third kappa shape index (κ3) is 1.15. The molecule has 1 aliphatic heterocycles.